The second-order valence-corrected chi connectivity index (χ2v) is 6.94. The van der Waals surface area contributed by atoms with Gasteiger partial charge in [-0.05, 0) is 44.0 Å². The monoisotopic (exact) mass is 334 g/mol. The zero-order valence-corrected chi connectivity index (χ0v) is 14.3. The molecule has 1 aliphatic carbocycles. The molecule has 3 rings (SSSR count). The van der Waals surface area contributed by atoms with E-state index < -0.39 is 0 Å². The van der Waals surface area contributed by atoms with Crippen LogP contribution in [0.25, 0.3) is 0 Å². The Morgan fingerprint density at radius 3 is 2.78 bits per heavy atom. The van der Waals surface area contributed by atoms with Crippen LogP contribution in [0.15, 0.2) is 29.3 Å². The van der Waals surface area contributed by atoms with Crippen LogP contribution in [0.4, 0.5) is 0 Å². The van der Waals surface area contributed by atoms with Crippen LogP contribution in [0, 0.1) is 0 Å². The van der Waals surface area contributed by atoms with Crippen LogP contribution in [0.3, 0.4) is 0 Å². The molecule has 1 amide bonds. The highest BCUT2D eigenvalue weighted by atomic mass is 32.2. The molecular weight excluding hydrogens is 312 g/mol. The molecule has 5 nitrogen and oxygen atoms in total. The van der Waals surface area contributed by atoms with Gasteiger partial charge in [-0.15, -0.1) is 11.8 Å². The second kappa shape index (κ2) is 7.25. The Labute approximate surface area is 140 Å². The van der Waals surface area contributed by atoms with E-state index in [-0.39, 0.29) is 18.1 Å². The summed E-state index contributed by atoms with van der Waals surface area (Å²) in [7, 11) is 1.65. The van der Waals surface area contributed by atoms with Crippen molar-refractivity contribution >= 4 is 23.6 Å². The lowest BCUT2D eigenvalue weighted by Gasteiger charge is -2.12. The summed E-state index contributed by atoms with van der Waals surface area (Å²) in [4.78, 5) is 16.4. The molecule has 23 heavy (non-hydrogen) atoms. The van der Waals surface area contributed by atoms with Gasteiger partial charge >= 0.3 is 0 Å². The van der Waals surface area contributed by atoms with E-state index >= 15 is 0 Å². The maximum absolute atomic E-state index is 11.7. The van der Waals surface area contributed by atoms with E-state index in [0.29, 0.717) is 17.7 Å². The third-order valence-corrected chi connectivity index (χ3v) is 4.97. The number of methoxy groups -OCH3 is 1. The number of hydrogen-bond donors (Lipinski definition) is 1. The van der Waals surface area contributed by atoms with Crippen molar-refractivity contribution in [2.45, 2.75) is 38.0 Å². The van der Waals surface area contributed by atoms with Crippen molar-refractivity contribution in [3.05, 3.63) is 29.8 Å². The molecule has 124 valence electrons. The first-order chi connectivity index (χ1) is 11.2. The molecule has 1 heterocycles. The molecule has 0 aromatic heterocycles. The molecular formula is C17H22N2O3S. The van der Waals surface area contributed by atoms with Crippen molar-refractivity contribution < 1.29 is 14.3 Å². The average molecular weight is 334 g/mol. The van der Waals surface area contributed by atoms with Crippen LogP contribution in [-0.4, -0.2) is 48.6 Å². The highest BCUT2D eigenvalue weighted by molar-refractivity contribution is 8.00. The van der Waals surface area contributed by atoms with E-state index in [0.717, 1.165) is 29.9 Å². The van der Waals surface area contributed by atoms with Gasteiger partial charge in [0.15, 0.2) is 0 Å². The first-order valence-corrected chi connectivity index (χ1v) is 9.07. The van der Waals surface area contributed by atoms with E-state index in [1.807, 2.05) is 31.2 Å². The number of ether oxygens (including phenoxy) is 2. The van der Waals surface area contributed by atoms with Crippen molar-refractivity contribution in [1.29, 1.82) is 0 Å². The van der Waals surface area contributed by atoms with Gasteiger partial charge in [0.2, 0.25) is 11.8 Å². The lowest BCUT2D eigenvalue weighted by molar-refractivity contribution is -0.118. The number of carbonyl (C=O) groups is 1. The molecule has 2 atom stereocenters. The fourth-order valence-electron chi connectivity index (χ4n) is 2.36. The zero-order chi connectivity index (χ0) is 16.2. The van der Waals surface area contributed by atoms with Gasteiger partial charge in [-0.25, -0.2) is 4.99 Å². The second-order valence-electron chi connectivity index (χ2n) is 5.91. The Balaban J connectivity index is 1.50. The number of nitrogens with zero attached hydrogens (tertiary/aromatic N) is 1. The van der Waals surface area contributed by atoms with Crippen LogP contribution in [0.5, 0.6) is 5.75 Å². The van der Waals surface area contributed by atoms with Crippen molar-refractivity contribution in [3.8, 4) is 5.75 Å². The number of rotatable bonds is 7. The van der Waals surface area contributed by atoms with Gasteiger partial charge in [0.1, 0.15) is 11.9 Å². The third-order valence-electron chi connectivity index (χ3n) is 3.92. The van der Waals surface area contributed by atoms with E-state index in [2.05, 4.69) is 10.3 Å². The number of amides is 1. The Hall–Kier alpha value is -1.69. The first kappa shape index (κ1) is 16.2. The quantitative estimate of drug-likeness (QED) is 0.831. The van der Waals surface area contributed by atoms with Gasteiger partial charge in [0, 0.05) is 17.4 Å². The van der Waals surface area contributed by atoms with Gasteiger partial charge in [-0.2, -0.15) is 0 Å². The minimum Gasteiger partial charge on any atom is -0.497 e. The molecule has 2 unspecified atom stereocenters. The summed E-state index contributed by atoms with van der Waals surface area (Å²) in [6, 6.07) is 8.21. The summed E-state index contributed by atoms with van der Waals surface area (Å²) in [5, 5.41) is 3.00. The highest BCUT2D eigenvalue weighted by Gasteiger charge is 2.28. The molecule has 1 aromatic rings. The Morgan fingerprint density at radius 2 is 2.13 bits per heavy atom. The van der Waals surface area contributed by atoms with Crippen molar-refractivity contribution in [2.75, 3.05) is 18.6 Å². The van der Waals surface area contributed by atoms with Crippen molar-refractivity contribution in [1.82, 2.24) is 5.32 Å². The number of hydrogen-bond acceptors (Lipinski definition) is 5. The minimum atomic E-state index is 0.0334. The number of aliphatic imine (C=N–C) groups is 1. The van der Waals surface area contributed by atoms with Gasteiger partial charge in [0.05, 0.1) is 18.9 Å². The number of thioether (sulfide) groups is 1. The molecule has 0 radical (unpaired) electrons. The molecule has 6 heteroatoms. The molecule has 0 bridgehead atoms. The molecule has 1 saturated carbocycles. The molecule has 1 N–H and O–H groups in total. The summed E-state index contributed by atoms with van der Waals surface area (Å²) in [6.45, 7) is 2.02. The summed E-state index contributed by atoms with van der Waals surface area (Å²) < 4.78 is 11.0. The topological polar surface area (TPSA) is 59.9 Å². The van der Waals surface area contributed by atoms with Crippen LogP contribution < -0.4 is 10.1 Å². The summed E-state index contributed by atoms with van der Waals surface area (Å²) in [5.74, 6) is 2.90. The number of benzene rings is 1. The molecule has 0 saturated heterocycles. The fraction of sp³-hybridized carbons (Fsp3) is 0.529. The fourth-order valence-corrected chi connectivity index (χ4v) is 3.33. The molecule has 1 aromatic carbocycles. The Bertz CT molecular complexity index is 584. The van der Waals surface area contributed by atoms with Crippen LogP contribution in [-0.2, 0) is 9.53 Å². The first-order valence-electron chi connectivity index (χ1n) is 7.91. The summed E-state index contributed by atoms with van der Waals surface area (Å²) in [6.07, 6.45) is 2.28. The summed E-state index contributed by atoms with van der Waals surface area (Å²) >= 11 is 1.62. The maximum Gasteiger partial charge on any atom is 0.230 e. The van der Waals surface area contributed by atoms with E-state index in [4.69, 9.17) is 9.47 Å². The SMILES string of the molecule is COc1ccc(C2=NC(CSCC(=O)NC3CC3)C(C)O2)cc1. The molecule has 0 spiro atoms. The van der Waals surface area contributed by atoms with Gasteiger partial charge in [-0.3, -0.25) is 4.79 Å². The molecule has 1 fully saturated rings. The predicted molar refractivity (Wildman–Crippen MR) is 92.4 cm³/mol. The lowest BCUT2D eigenvalue weighted by atomic mass is 10.2. The molecule has 1 aliphatic heterocycles. The van der Waals surface area contributed by atoms with Gasteiger partial charge in [-0.1, -0.05) is 0 Å². The Morgan fingerprint density at radius 1 is 1.39 bits per heavy atom. The predicted octanol–water partition coefficient (Wildman–Crippen LogP) is 2.24. The standard InChI is InChI=1S/C17H22N2O3S/c1-11-15(9-23-10-16(20)18-13-5-6-13)19-17(22-11)12-3-7-14(21-2)8-4-12/h3-4,7-8,11,13,15H,5-6,9-10H2,1-2H3,(H,18,20). The lowest BCUT2D eigenvalue weighted by Crippen LogP contribution is -2.28. The van der Waals surface area contributed by atoms with E-state index in [1.54, 1.807) is 18.9 Å². The van der Waals surface area contributed by atoms with Crippen LogP contribution >= 0.6 is 11.8 Å². The summed E-state index contributed by atoms with van der Waals surface area (Å²) in [5.41, 5.74) is 0.955. The average Bonchev–Trinajstić information content (AvgIpc) is 3.29. The maximum atomic E-state index is 11.7. The van der Waals surface area contributed by atoms with Crippen LogP contribution in [0.1, 0.15) is 25.3 Å². The minimum absolute atomic E-state index is 0.0334. The number of carbonyl (C=O) groups excluding carboxylic acids is 1. The van der Waals surface area contributed by atoms with Gasteiger partial charge < -0.3 is 14.8 Å². The number of nitrogens with one attached hydrogen (secondary N) is 1. The van der Waals surface area contributed by atoms with E-state index in [9.17, 15) is 4.79 Å². The molecule has 2 aliphatic rings. The third kappa shape index (κ3) is 4.41. The largest absolute Gasteiger partial charge is 0.497 e. The van der Waals surface area contributed by atoms with Crippen molar-refractivity contribution in [3.63, 3.8) is 0 Å². The van der Waals surface area contributed by atoms with E-state index in [1.165, 1.54) is 0 Å². The van der Waals surface area contributed by atoms with Crippen LogP contribution in [0.2, 0.25) is 0 Å². The normalized spacial score (nSPS) is 23.1. The Kier molecular flexibility index (Phi) is 5.10. The highest BCUT2D eigenvalue weighted by Crippen LogP contribution is 2.23. The smallest absolute Gasteiger partial charge is 0.230 e. The zero-order valence-electron chi connectivity index (χ0n) is 13.5. The van der Waals surface area contributed by atoms with Crippen molar-refractivity contribution in [2.24, 2.45) is 4.99 Å². The van der Waals surface area contributed by atoms with Gasteiger partial charge in [0.25, 0.3) is 0 Å².